The SMILES string of the molecule is O=C(c1ccsc1)N1CCC(Oc2ccncc2)C1. The molecule has 5 heteroatoms. The summed E-state index contributed by atoms with van der Waals surface area (Å²) in [5.74, 6) is 0.909. The highest BCUT2D eigenvalue weighted by Gasteiger charge is 2.28. The van der Waals surface area contributed by atoms with E-state index in [1.165, 1.54) is 0 Å². The number of rotatable bonds is 3. The molecule has 19 heavy (non-hydrogen) atoms. The van der Waals surface area contributed by atoms with Crippen LogP contribution in [0.5, 0.6) is 5.75 Å². The van der Waals surface area contributed by atoms with Crippen molar-refractivity contribution in [3.05, 3.63) is 46.9 Å². The molecule has 2 aromatic heterocycles. The van der Waals surface area contributed by atoms with Gasteiger partial charge in [-0.3, -0.25) is 9.78 Å². The van der Waals surface area contributed by atoms with Gasteiger partial charge >= 0.3 is 0 Å². The first-order valence-corrected chi connectivity index (χ1v) is 7.15. The van der Waals surface area contributed by atoms with Crippen molar-refractivity contribution in [2.24, 2.45) is 0 Å². The summed E-state index contributed by atoms with van der Waals surface area (Å²) in [6, 6.07) is 5.54. The van der Waals surface area contributed by atoms with Crippen molar-refractivity contribution in [3.63, 3.8) is 0 Å². The molecule has 0 N–H and O–H groups in total. The predicted molar refractivity (Wildman–Crippen MR) is 73.5 cm³/mol. The molecule has 0 saturated carbocycles. The molecule has 1 aliphatic rings. The zero-order valence-corrected chi connectivity index (χ0v) is 11.2. The van der Waals surface area contributed by atoms with E-state index in [1.54, 1.807) is 23.7 Å². The lowest BCUT2D eigenvalue weighted by Crippen LogP contribution is -2.30. The van der Waals surface area contributed by atoms with Crippen LogP contribution in [0.2, 0.25) is 0 Å². The van der Waals surface area contributed by atoms with Crippen LogP contribution in [-0.4, -0.2) is 35.0 Å². The van der Waals surface area contributed by atoms with Gasteiger partial charge in [0.25, 0.3) is 5.91 Å². The monoisotopic (exact) mass is 274 g/mol. The molecule has 1 amide bonds. The van der Waals surface area contributed by atoms with Crippen molar-refractivity contribution < 1.29 is 9.53 Å². The van der Waals surface area contributed by atoms with E-state index in [0.29, 0.717) is 6.54 Å². The third kappa shape index (κ3) is 2.76. The van der Waals surface area contributed by atoms with Gasteiger partial charge in [-0.1, -0.05) is 0 Å². The topological polar surface area (TPSA) is 42.4 Å². The summed E-state index contributed by atoms with van der Waals surface area (Å²) >= 11 is 1.54. The lowest BCUT2D eigenvalue weighted by molar-refractivity contribution is 0.0773. The van der Waals surface area contributed by atoms with Crippen molar-refractivity contribution >= 4 is 17.2 Å². The van der Waals surface area contributed by atoms with Crippen molar-refractivity contribution in [1.29, 1.82) is 0 Å². The Morgan fingerprint density at radius 2 is 2.21 bits per heavy atom. The van der Waals surface area contributed by atoms with Crippen molar-refractivity contribution in [3.8, 4) is 5.75 Å². The van der Waals surface area contributed by atoms with E-state index in [-0.39, 0.29) is 12.0 Å². The van der Waals surface area contributed by atoms with Gasteiger partial charge in [0.2, 0.25) is 0 Å². The zero-order valence-electron chi connectivity index (χ0n) is 10.4. The van der Waals surface area contributed by atoms with Gasteiger partial charge in [-0.15, -0.1) is 0 Å². The highest BCUT2D eigenvalue weighted by molar-refractivity contribution is 7.08. The third-order valence-corrected chi connectivity index (χ3v) is 3.84. The molecule has 0 aliphatic carbocycles. The average Bonchev–Trinajstić information content (AvgIpc) is 3.10. The Hall–Kier alpha value is -1.88. The molecule has 98 valence electrons. The number of hydrogen-bond acceptors (Lipinski definition) is 4. The summed E-state index contributed by atoms with van der Waals surface area (Å²) in [4.78, 5) is 18.0. The van der Waals surface area contributed by atoms with Gasteiger partial charge in [-0.2, -0.15) is 11.3 Å². The maximum Gasteiger partial charge on any atom is 0.254 e. The number of amides is 1. The van der Waals surface area contributed by atoms with E-state index < -0.39 is 0 Å². The first kappa shape index (κ1) is 12.2. The minimum atomic E-state index is 0.0741. The van der Waals surface area contributed by atoms with Crippen molar-refractivity contribution in [1.82, 2.24) is 9.88 Å². The standard InChI is InChI=1S/C14H14N2O2S/c17-14(11-4-8-19-10-11)16-7-3-13(9-16)18-12-1-5-15-6-2-12/h1-2,4-6,8,10,13H,3,7,9H2. The average molecular weight is 274 g/mol. The summed E-state index contributed by atoms with van der Waals surface area (Å²) < 4.78 is 5.84. The van der Waals surface area contributed by atoms with Crippen LogP contribution in [0, 0.1) is 0 Å². The van der Waals surface area contributed by atoms with Gasteiger partial charge < -0.3 is 9.64 Å². The fourth-order valence-electron chi connectivity index (χ4n) is 2.19. The number of nitrogens with zero attached hydrogens (tertiary/aromatic N) is 2. The van der Waals surface area contributed by atoms with E-state index in [9.17, 15) is 4.79 Å². The van der Waals surface area contributed by atoms with Gasteiger partial charge in [-0.05, 0) is 23.6 Å². The molecule has 3 rings (SSSR count). The van der Waals surface area contributed by atoms with Crippen LogP contribution >= 0.6 is 11.3 Å². The molecule has 4 nitrogen and oxygen atoms in total. The second-order valence-corrected chi connectivity index (χ2v) is 5.25. The fraction of sp³-hybridized carbons (Fsp3) is 0.286. The van der Waals surface area contributed by atoms with Gasteiger partial charge in [0.05, 0.1) is 12.1 Å². The zero-order chi connectivity index (χ0) is 13.1. The number of likely N-dealkylation sites (tertiary alicyclic amines) is 1. The molecule has 1 atom stereocenters. The van der Waals surface area contributed by atoms with Crippen molar-refractivity contribution in [2.75, 3.05) is 13.1 Å². The number of hydrogen-bond donors (Lipinski definition) is 0. The Bertz CT molecular complexity index is 542. The summed E-state index contributed by atoms with van der Waals surface area (Å²) in [5.41, 5.74) is 0.773. The Morgan fingerprint density at radius 3 is 2.95 bits per heavy atom. The van der Waals surface area contributed by atoms with Crippen LogP contribution in [0.25, 0.3) is 0 Å². The first-order chi connectivity index (χ1) is 9.33. The van der Waals surface area contributed by atoms with Crippen LogP contribution in [0.1, 0.15) is 16.8 Å². The van der Waals surface area contributed by atoms with E-state index in [4.69, 9.17) is 4.74 Å². The molecule has 1 saturated heterocycles. The molecule has 1 fully saturated rings. The predicted octanol–water partition coefficient (Wildman–Crippen LogP) is 2.44. The second-order valence-electron chi connectivity index (χ2n) is 4.47. The largest absolute Gasteiger partial charge is 0.488 e. The van der Waals surface area contributed by atoms with Gasteiger partial charge in [0, 0.05) is 30.7 Å². The number of carbonyl (C=O) groups is 1. The minimum Gasteiger partial charge on any atom is -0.488 e. The normalized spacial score (nSPS) is 18.5. The van der Waals surface area contributed by atoms with E-state index in [2.05, 4.69) is 4.98 Å². The number of thiophene rings is 1. The molecule has 0 bridgehead atoms. The van der Waals surface area contributed by atoms with Gasteiger partial charge in [0.1, 0.15) is 11.9 Å². The quantitative estimate of drug-likeness (QED) is 0.863. The van der Waals surface area contributed by atoms with Crippen LogP contribution in [-0.2, 0) is 0 Å². The summed E-state index contributed by atoms with van der Waals surface area (Å²) in [6.07, 6.45) is 4.36. The highest BCUT2D eigenvalue weighted by atomic mass is 32.1. The Labute approximate surface area is 115 Å². The molecule has 0 aromatic carbocycles. The minimum absolute atomic E-state index is 0.0741. The molecule has 3 heterocycles. The van der Waals surface area contributed by atoms with Crippen LogP contribution in [0.15, 0.2) is 41.4 Å². The highest BCUT2D eigenvalue weighted by Crippen LogP contribution is 2.20. The van der Waals surface area contributed by atoms with Gasteiger partial charge in [0.15, 0.2) is 0 Å². The van der Waals surface area contributed by atoms with E-state index >= 15 is 0 Å². The molecule has 1 unspecified atom stereocenters. The maximum absolute atomic E-state index is 12.2. The molecular weight excluding hydrogens is 260 g/mol. The van der Waals surface area contributed by atoms with E-state index in [0.717, 1.165) is 24.3 Å². The van der Waals surface area contributed by atoms with E-state index in [1.807, 2.05) is 33.9 Å². The van der Waals surface area contributed by atoms with Gasteiger partial charge in [-0.25, -0.2) is 0 Å². The molecular formula is C14H14N2O2S. The lowest BCUT2D eigenvalue weighted by atomic mass is 10.3. The lowest BCUT2D eigenvalue weighted by Gasteiger charge is -2.16. The molecule has 2 aromatic rings. The summed E-state index contributed by atoms with van der Waals surface area (Å²) in [6.45, 7) is 1.40. The number of aromatic nitrogens is 1. The number of carbonyl (C=O) groups excluding carboxylic acids is 1. The Balaban J connectivity index is 1.60. The van der Waals surface area contributed by atoms with Crippen molar-refractivity contribution in [2.45, 2.75) is 12.5 Å². The summed E-state index contributed by atoms with van der Waals surface area (Å²) in [5, 5.41) is 3.81. The van der Waals surface area contributed by atoms with Crippen LogP contribution in [0.4, 0.5) is 0 Å². The third-order valence-electron chi connectivity index (χ3n) is 3.15. The Morgan fingerprint density at radius 1 is 1.37 bits per heavy atom. The number of pyridine rings is 1. The number of ether oxygens (including phenoxy) is 1. The molecule has 1 aliphatic heterocycles. The maximum atomic E-state index is 12.2. The van der Waals surface area contributed by atoms with Crippen LogP contribution in [0.3, 0.4) is 0 Å². The molecule has 0 radical (unpaired) electrons. The van der Waals surface area contributed by atoms with Crippen LogP contribution < -0.4 is 4.74 Å². The second kappa shape index (κ2) is 5.40. The first-order valence-electron chi connectivity index (χ1n) is 6.21. The Kier molecular flexibility index (Phi) is 3.46. The smallest absolute Gasteiger partial charge is 0.254 e. The fourth-order valence-corrected chi connectivity index (χ4v) is 2.82. The molecule has 0 spiro atoms. The summed E-state index contributed by atoms with van der Waals surface area (Å²) in [7, 11) is 0.